The molecule has 37 heavy (non-hydrogen) atoms. The third-order valence-corrected chi connectivity index (χ3v) is 5.91. The molecule has 3 aromatic rings. The minimum Gasteiger partial charge on any atom is -0.444 e. The molecule has 0 fully saturated rings. The van der Waals surface area contributed by atoms with Crippen LogP contribution in [-0.2, 0) is 28.8 Å². The summed E-state index contributed by atoms with van der Waals surface area (Å²) in [5.41, 5.74) is 8.47. The van der Waals surface area contributed by atoms with Gasteiger partial charge in [-0.05, 0) is 56.1 Å². The molecule has 3 rings (SSSR count). The molecule has 2 N–H and O–H groups in total. The second kappa shape index (κ2) is 14.4. The predicted molar refractivity (Wildman–Crippen MR) is 152 cm³/mol. The van der Waals surface area contributed by atoms with Crippen LogP contribution in [0.4, 0.5) is 4.79 Å². The van der Waals surface area contributed by atoms with Gasteiger partial charge in [-0.2, -0.15) is 0 Å². The first-order valence-electron chi connectivity index (χ1n) is 12.9. The highest BCUT2D eigenvalue weighted by Gasteiger charge is 2.28. The summed E-state index contributed by atoms with van der Waals surface area (Å²) in [7, 11) is 0.505. The molecule has 0 aliphatic carbocycles. The van der Waals surface area contributed by atoms with Crippen molar-refractivity contribution in [3.05, 3.63) is 120 Å². The third-order valence-electron chi connectivity index (χ3n) is 5.91. The number of carbonyl (C=O) groups is 1. The molecule has 2 atom stereocenters. The van der Waals surface area contributed by atoms with Crippen LogP contribution in [0.2, 0.25) is 5.82 Å². The van der Waals surface area contributed by atoms with Crippen LogP contribution in [0.15, 0.2) is 103 Å². The molecular formula is C31H39BN2O3. The molecule has 0 spiro atoms. The van der Waals surface area contributed by atoms with E-state index in [1.165, 1.54) is 5.56 Å². The summed E-state index contributed by atoms with van der Waals surface area (Å²) in [6, 6.07) is 30.4. The molecule has 1 amide bonds. The Kier molecular flexibility index (Phi) is 11.0. The average Bonchev–Trinajstić information content (AvgIpc) is 2.89. The highest BCUT2D eigenvalue weighted by Crippen LogP contribution is 2.22. The third kappa shape index (κ3) is 10.3. The molecule has 194 valence electrons. The van der Waals surface area contributed by atoms with E-state index < -0.39 is 5.60 Å². The van der Waals surface area contributed by atoms with E-state index in [0.717, 1.165) is 17.5 Å². The molecule has 0 heterocycles. The minimum atomic E-state index is -0.599. The van der Waals surface area contributed by atoms with Gasteiger partial charge in [0.1, 0.15) is 5.60 Å². The SMILES string of the molecule is CC(C)(C)OC(=O)N(Cc1ccccc1)[C@H](/C=C/[C@@H](BOCN)Cc1ccccc1)Cc1ccccc1. The number of hydrogen-bond donors (Lipinski definition) is 1. The van der Waals surface area contributed by atoms with Gasteiger partial charge in [-0.3, -0.25) is 4.90 Å². The van der Waals surface area contributed by atoms with Gasteiger partial charge < -0.3 is 15.1 Å². The number of ether oxygens (including phenoxy) is 1. The Labute approximate surface area is 222 Å². The molecule has 0 radical (unpaired) electrons. The van der Waals surface area contributed by atoms with Gasteiger partial charge >= 0.3 is 6.09 Å². The molecule has 0 saturated carbocycles. The zero-order valence-electron chi connectivity index (χ0n) is 22.3. The molecule has 6 heteroatoms. The summed E-state index contributed by atoms with van der Waals surface area (Å²) in [6.07, 6.45) is 5.45. The zero-order valence-corrected chi connectivity index (χ0v) is 22.3. The topological polar surface area (TPSA) is 64.8 Å². The highest BCUT2D eigenvalue weighted by atomic mass is 16.6. The van der Waals surface area contributed by atoms with Gasteiger partial charge in [-0.1, -0.05) is 103 Å². The second-order valence-corrected chi connectivity index (χ2v) is 10.2. The van der Waals surface area contributed by atoms with Gasteiger partial charge in [-0.15, -0.1) is 0 Å². The van der Waals surface area contributed by atoms with E-state index in [-0.39, 0.29) is 24.7 Å². The number of nitrogens with zero attached hydrogens (tertiary/aromatic N) is 1. The van der Waals surface area contributed by atoms with Crippen molar-refractivity contribution < 1.29 is 14.2 Å². The van der Waals surface area contributed by atoms with Crippen LogP contribution in [0.5, 0.6) is 0 Å². The van der Waals surface area contributed by atoms with Gasteiger partial charge in [0.2, 0.25) is 0 Å². The monoisotopic (exact) mass is 498 g/mol. The summed E-state index contributed by atoms with van der Waals surface area (Å²) in [4.78, 5) is 15.4. The molecule has 3 aromatic carbocycles. The first kappa shape index (κ1) is 28.2. The van der Waals surface area contributed by atoms with Crippen molar-refractivity contribution in [1.29, 1.82) is 0 Å². The maximum atomic E-state index is 13.5. The standard InChI is InChI=1S/C31H39BN2O3/c1-31(2,3)37-30(35)34(23-27-17-11-6-12-18-27)29(22-26-15-9-5-10-16-26)20-19-28(32-36-24-33)21-25-13-7-4-8-14-25/h4-20,28-29,32H,21-24,33H2,1-3H3/b20-19+/t28-,29-/m1/s1. The first-order valence-corrected chi connectivity index (χ1v) is 12.9. The molecule has 0 aliphatic rings. The Bertz CT molecular complexity index is 1090. The predicted octanol–water partition coefficient (Wildman–Crippen LogP) is 5.91. The quantitative estimate of drug-likeness (QED) is 0.192. The van der Waals surface area contributed by atoms with E-state index in [4.69, 9.17) is 15.1 Å². The van der Waals surface area contributed by atoms with E-state index in [0.29, 0.717) is 20.4 Å². The Morgan fingerprint density at radius 3 is 1.86 bits per heavy atom. The van der Waals surface area contributed by atoms with Crippen molar-refractivity contribution in [2.75, 3.05) is 6.73 Å². The maximum absolute atomic E-state index is 13.5. The van der Waals surface area contributed by atoms with Crippen LogP contribution in [0, 0.1) is 0 Å². The Balaban J connectivity index is 1.94. The minimum absolute atomic E-state index is 0.112. The normalized spacial score (nSPS) is 13.2. The van der Waals surface area contributed by atoms with Crippen LogP contribution in [0.25, 0.3) is 0 Å². The van der Waals surface area contributed by atoms with Crippen molar-refractivity contribution in [1.82, 2.24) is 4.90 Å². The van der Waals surface area contributed by atoms with Crippen molar-refractivity contribution in [2.24, 2.45) is 5.73 Å². The van der Waals surface area contributed by atoms with Crippen LogP contribution < -0.4 is 5.73 Å². The Morgan fingerprint density at radius 1 is 0.838 bits per heavy atom. The number of hydrogen-bond acceptors (Lipinski definition) is 4. The van der Waals surface area contributed by atoms with E-state index >= 15 is 0 Å². The van der Waals surface area contributed by atoms with E-state index in [9.17, 15) is 4.79 Å². The van der Waals surface area contributed by atoms with Gasteiger partial charge in [0.25, 0.3) is 7.48 Å². The van der Waals surface area contributed by atoms with Gasteiger partial charge in [0.05, 0.1) is 12.8 Å². The summed E-state index contributed by atoms with van der Waals surface area (Å²) in [5.74, 6) is 0.112. The van der Waals surface area contributed by atoms with Crippen LogP contribution in [0.1, 0.15) is 37.5 Å². The average molecular weight is 498 g/mol. The molecule has 0 aliphatic heterocycles. The molecule has 5 nitrogen and oxygen atoms in total. The van der Waals surface area contributed by atoms with Crippen molar-refractivity contribution >= 4 is 13.6 Å². The van der Waals surface area contributed by atoms with Crippen molar-refractivity contribution in [3.63, 3.8) is 0 Å². The summed E-state index contributed by atoms with van der Waals surface area (Å²) in [6.45, 7) is 6.31. The van der Waals surface area contributed by atoms with E-state index in [2.05, 4.69) is 36.4 Å². The molecule has 0 bridgehead atoms. The van der Waals surface area contributed by atoms with E-state index in [1.54, 1.807) is 0 Å². The number of benzene rings is 3. The highest BCUT2D eigenvalue weighted by molar-refractivity contribution is 6.30. The fourth-order valence-electron chi connectivity index (χ4n) is 4.16. The molecule has 0 saturated heterocycles. The largest absolute Gasteiger partial charge is 0.444 e. The second-order valence-electron chi connectivity index (χ2n) is 10.2. The van der Waals surface area contributed by atoms with Crippen LogP contribution in [-0.4, -0.2) is 36.8 Å². The summed E-state index contributed by atoms with van der Waals surface area (Å²) < 4.78 is 11.5. The summed E-state index contributed by atoms with van der Waals surface area (Å²) in [5, 5.41) is 0. The Morgan fingerprint density at radius 2 is 1.35 bits per heavy atom. The van der Waals surface area contributed by atoms with E-state index in [1.807, 2.05) is 92.4 Å². The number of amides is 1. The fourth-order valence-corrected chi connectivity index (χ4v) is 4.16. The molecular weight excluding hydrogens is 459 g/mol. The van der Waals surface area contributed by atoms with Gasteiger partial charge in [-0.25, -0.2) is 4.79 Å². The maximum Gasteiger partial charge on any atom is 0.411 e. The number of rotatable bonds is 12. The number of nitrogens with two attached hydrogens (primary N) is 1. The zero-order chi connectivity index (χ0) is 26.5. The first-order chi connectivity index (χ1) is 17.8. The lowest BCUT2D eigenvalue weighted by Gasteiger charge is -2.33. The van der Waals surface area contributed by atoms with Crippen molar-refractivity contribution in [2.45, 2.75) is 57.6 Å². The van der Waals surface area contributed by atoms with Crippen molar-refractivity contribution in [3.8, 4) is 0 Å². The molecule has 0 aromatic heterocycles. The lowest BCUT2D eigenvalue weighted by atomic mass is 9.75. The lowest BCUT2D eigenvalue weighted by Crippen LogP contribution is -2.43. The van der Waals surface area contributed by atoms with Crippen LogP contribution in [0.3, 0.4) is 0 Å². The lowest BCUT2D eigenvalue weighted by molar-refractivity contribution is 0.0180. The van der Waals surface area contributed by atoms with Crippen LogP contribution >= 0.6 is 0 Å². The molecule has 0 unspecified atom stereocenters. The smallest absolute Gasteiger partial charge is 0.411 e. The fraction of sp³-hybridized carbons (Fsp3) is 0.323. The number of allylic oxidation sites excluding steroid dienone is 1. The number of carbonyl (C=O) groups excluding carboxylic acids is 1. The summed E-state index contributed by atoms with van der Waals surface area (Å²) >= 11 is 0. The van der Waals surface area contributed by atoms with Gasteiger partial charge in [0, 0.05) is 6.54 Å². The van der Waals surface area contributed by atoms with Gasteiger partial charge in [0.15, 0.2) is 0 Å². The Hall–Kier alpha value is -3.35.